The third-order valence-corrected chi connectivity index (χ3v) is 5.02. The van der Waals surface area contributed by atoms with Crippen molar-refractivity contribution in [1.82, 2.24) is 14.8 Å². The molecule has 3 rings (SSSR count). The van der Waals surface area contributed by atoms with E-state index < -0.39 is 5.97 Å². The van der Waals surface area contributed by atoms with Gasteiger partial charge in [-0.1, -0.05) is 32.0 Å². The number of benzene rings is 1. The lowest BCUT2D eigenvalue weighted by Crippen LogP contribution is -2.13. The number of amides is 1. The fraction of sp³-hybridized carbons (Fsp3) is 0.294. The maximum atomic E-state index is 12.6. The van der Waals surface area contributed by atoms with Crippen molar-refractivity contribution in [2.24, 2.45) is 7.05 Å². The van der Waals surface area contributed by atoms with Gasteiger partial charge in [-0.15, -0.1) is 11.3 Å². The number of nitrogens with zero attached hydrogens (tertiary/aromatic N) is 3. The first kappa shape index (κ1) is 17.1. The summed E-state index contributed by atoms with van der Waals surface area (Å²) < 4.78 is 6.43. The molecule has 0 aliphatic heterocycles. The normalized spacial score (nSPS) is 11.1. The number of carbonyl (C=O) groups is 2. The van der Waals surface area contributed by atoms with Gasteiger partial charge in [0.15, 0.2) is 16.5 Å². The van der Waals surface area contributed by atoms with Gasteiger partial charge in [-0.2, -0.15) is 5.10 Å². The predicted molar refractivity (Wildman–Crippen MR) is 96.2 cm³/mol. The second kappa shape index (κ2) is 6.64. The Hall–Kier alpha value is -2.74. The summed E-state index contributed by atoms with van der Waals surface area (Å²) in [6.45, 7) is 3.91. The van der Waals surface area contributed by atoms with Gasteiger partial charge in [0.25, 0.3) is 5.91 Å². The SMILES string of the molecule is COC(=O)c1nc(NC(=O)c2nn(C)c3ccccc23)sc1C(C)C. The number of ether oxygens (including phenoxy) is 1. The molecule has 0 atom stereocenters. The van der Waals surface area contributed by atoms with E-state index in [4.69, 9.17) is 4.74 Å². The van der Waals surface area contributed by atoms with Crippen molar-refractivity contribution >= 4 is 39.2 Å². The third-order valence-electron chi connectivity index (χ3n) is 3.75. The molecule has 25 heavy (non-hydrogen) atoms. The molecule has 0 aliphatic carbocycles. The summed E-state index contributed by atoms with van der Waals surface area (Å²) in [6, 6.07) is 7.49. The zero-order chi connectivity index (χ0) is 18.1. The van der Waals surface area contributed by atoms with Crippen LogP contribution >= 0.6 is 11.3 Å². The number of anilines is 1. The number of carbonyl (C=O) groups excluding carboxylic acids is 2. The molecule has 0 bridgehead atoms. The quantitative estimate of drug-likeness (QED) is 0.724. The summed E-state index contributed by atoms with van der Waals surface area (Å²) in [5.41, 5.74) is 1.42. The van der Waals surface area contributed by atoms with Gasteiger partial charge < -0.3 is 4.74 Å². The van der Waals surface area contributed by atoms with Crippen LogP contribution in [0.3, 0.4) is 0 Å². The van der Waals surface area contributed by atoms with E-state index in [1.807, 2.05) is 38.1 Å². The van der Waals surface area contributed by atoms with Crippen molar-refractivity contribution in [1.29, 1.82) is 0 Å². The Bertz CT molecular complexity index is 958. The molecule has 0 saturated heterocycles. The third kappa shape index (κ3) is 3.12. The van der Waals surface area contributed by atoms with E-state index in [9.17, 15) is 9.59 Å². The minimum atomic E-state index is -0.510. The summed E-state index contributed by atoms with van der Waals surface area (Å²) in [7, 11) is 3.10. The number of fused-ring (bicyclic) bond motifs is 1. The van der Waals surface area contributed by atoms with Crippen LogP contribution in [0.2, 0.25) is 0 Å². The summed E-state index contributed by atoms with van der Waals surface area (Å²) in [5.74, 6) is -0.783. The first-order valence-corrected chi connectivity index (χ1v) is 8.56. The monoisotopic (exact) mass is 358 g/mol. The van der Waals surface area contributed by atoms with Gasteiger partial charge in [0.2, 0.25) is 0 Å². The lowest BCUT2D eigenvalue weighted by molar-refractivity contribution is 0.0593. The molecule has 0 unspecified atom stereocenters. The van der Waals surface area contributed by atoms with Crippen LogP contribution in [-0.2, 0) is 11.8 Å². The Morgan fingerprint density at radius 3 is 2.64 bits per heavy atom. The number of hydrogen-bond donors (Lipinski definition) is 1. The fourth-order valence-electron chi connectivity index (χ4n) is 2.56. The van der Waals surface area contributed by atoms with Crippen LogP contribution in [0.15, 0.2) is 24.3 Å². The van der Waals surface area contributed by atoms with Crippen molar-refractivity contribution in [3.8, 4) is 0 Å². The van der Waals surface area contributed by atoms with E-state index in [1.165, 1.54) is 18.4 Å². The topological polar surface area (TPSA) is 86.1 Å². The van der Waals surface area contributed by atoms with Gasteiger partial charge in [-0.3, -0.25) is 14.8 Å². The predicted octanol–water partition coefficient (Wildman–Crippen LogP) is 3.19. The minimum Gasteiger partial charge on any atom is -0.464 e. The number of para-hydroxylation sites is 1. The fourth-order valence-corrected chi connectivity index (χ4v) is 3.51. The van der Waals surface area contributed by atoms with Crippen LogP contribution in [0.25, 0.3) is 10.9 Å². The molecule has 1 amide bonds. The van der Waals surface area contributed by atoms with E-state index in [0.717, 1.165) is 15.8 Å². The van der Waals surface area contributed by atoms with Crippen LogP contribution < -0.4 is 5.32 Å². The summed E-state index contributed by atoms with van der Waals surface area (Å²) >= 11 is 1.27. The number of rotatable bonds is 4. The molecule has 1 aromatic carbocycles. The highest BCUT2D eigenvalue weighted by Crippen LogP contribution is 2.30. The number of hydrogen-bond acceptors (Lipinski definition) is 6. The number of aryl methyl sites for hydroxylation is 1. The second-order valence-corrected chi connectivity index (χ2v) is 6.85. The Balaban J connectivity index is 1.94. The number of nitrogens with one attached hydrogen (secondary N) is 1. The van der Waals surface area contributed by atoms with Crippen molar-refractivity contribution in [3.63, 3.8) is 0 Å². The van der Waals surface area contributed by atoms with E-state index >= 15 is 0 Å². The van der Waals surface area contributed by atoms with E-state index in [0.29, 0.717) is 10.8 Å². The average Bonchev–Trinajstić information content (AvgIpc) is 3.16. The summed E-state index contributed by atoms with van der Waals surface area (Å²) in [6.07, 6.45) is 0. The molecular weight excluding hydrogens is 340 g/mol. The van der Waals surface area contributed by atoms with E-state index in [-0.39, 0.29) is 17.5 Å². The lowest BCUT2D eigenvalue weighted by atomic mass is 10.1. The number of esters is 1. The first-order chi connectivity index (χ1) is 11.9. The molecule has 0 fully saturated rings. The van der Waals surface area contributed by atoms with E-state index in [2.05, 4.69) is 15.4 Å². The van der Waals surface area contributed by atoms with Gasteiger partial charge >= 0.3 is 5.97 Å². The molecule has 8 heteroatoms. The first-order valence-electron chi connectivity index (χ1n) is 7.74. The molecule has 130 valence electrons. The van der Waals surface area contributed by atoms with Crippen LogP contribution in [0.5, 0.6) is 0 Å². The highest BCUT2D eigenvalue weighted by Gasteiger charge is 2.23. The van der Waals surface area contributed by atoms with Gasteiger partial charge in [0, 0.05) is 17.3 Å². The molecule has 7 nitrogen and oxygen atoms in total. The zero-order valence-electron chi connectivity index (χ0n) is 14.4. The van der Waals surface area contributed by atoms with Gasteiger partial charge in [-0.25, -0.2) is 9.78 Å². The molecule has 0 radical (unpaired) electrons. The minimum absolute atomic E-state index is 0.0907. The number of thiazole rings is 1. The largest absolute Gasteiger partial charge is 0.464 e. The Morgan fingerprint density at radius 1 is 1.24 bits per heavy atom. The molecule has 0 aliphatic rings. The smallest absolute Gasteiger partial charge is 0.357 e. The highest BCUT2D eigenvalue weighted by molar-refractivity contribution is 7.16. The van der Waals surface area contributed by atoms with Gasteiger partial charge in [0.1, 0.15) is 0 Å². The van der Waals surface area contributed by atoms with Crippen LogP contribution in [0.1, 0.15) is 45.6 Å². The molecule has 1 N–H and O–H groups in total. The van der Waals surface area contributed by atoms with Crippen LogP contribution in [-0.4, -0.2) is 33.8 Å². The molecule has 0 spiro atoms. The molecule has 2 heterocycles. The maximum Gasteiger partial charge on any atom is 0.357 e. The van der Waals surface area contributed by atoms with Crippen molar-refractivity contribution in [2.75, 3.05) is 12.4 Å². The molecule has 2 aromatic heterocycles. The molecular formula is C17H18N4O3S. The lowest BCUT2D eigenvalue weighted by Gasteiger charge is -2.02. The van der Waals surface area contributed by atoms with Gasteiger partial charge in [0.05, 0.1) is 12.6 Å². The Kier molecular flexibility index (Phi) is 4.54. The maximum absolute atomic E-state index is 12.6. The number of methoxy groups -OCH3 is 1. The standard InChI is InChI=1S/C17H18N4O3S/c1-9(2)14-13(16(23)24-4)18-17(25-14)19-15(22)12-10-7-5-6-8-11(10)21(3)20-12/h5-9H,1-4H3,(H,18,19,22). The van der Waals surface area contributed by atoms with E-state index in [1.54, 1.807) is 11.7 Å². The Morgan fingerprint density at radius 2 is 1.96 bits per heavy atom. The van der Waals surface area contributed by atoms with Crippen molar-refractivity contribution < 1.29 is 14.3 Å². The van der Waals surface area contributed by atoms with Crippen molar-refractivity contribution in [2.45, 2.75) is 19.8 Å². The summed E-state index contributed by atoms with van der Waals surface area (Å²) in [4.78, 5) is 29.5. The van der Waals surface area contributed by atoms with Gasteiger partial charge in [-0.05, 0) is 12.0 Å². The molecule has 3 aromatic rings. The number of aromatic nitrogens is 3. The van der Waals surface area contributed by atoms with Crippen molar-refractivity contribution in [3.05, 3.63) is 40.5 Å². The second-order valence-electron chi connectivity index (χ2n) is 5.82. The zero-order valence-corrected chi connectivity index (χ0v) is 15.2. The van der Waals surface area contributed by atoms with Crippen LogP contribution in [0, 0.1) is 0 Å². The average molecular weight is 358 g/mol. The van der Waals surface area contributed by atoms with Crippen LogP contribution in [0.4, 0.5) is 5.13 Å². The molecule has 0 saturated carbocycles. The highest BCUT2D eigenvalue weighted by atomic mass is 32.1. The summed E-state index contributed by atoms with van der Waals surface area (Å²) in [5, 5.41) is 8.15. The Labute approximate surface area is 148 Å².